The third kappa shape index (κ3) is 6.57. The van der Waals surface area contributed by atoms with Crippen molar-refractivity contribution in [3.8, 4) is 5.75 Å². The van der Waals surface area contributed by atoms with Gasteiger partial charge in [-0.2, -0.15) is 0 Å². The number of nitrogens with one attached hydrogen (secondary N) is 3. The van der Waals surface area contributed by atoms with E-state index in [-0.39, 0.29) is 17.2 Å². The number of rotatable bonds is 11. The Morgan fingerprint density at radius 1 is 1.23 bits per heavy atom. The van der Waals surface area contributed by atoms with E-state index in [1.54, 1.807) is 31.3 Å². The van der Waals surface area contributed by atoms with Crippen LogP contribution in [0.5, 0.6) is 5.75 Å². The van der Waals surface area contributed by atoms with Gasteiger partial charge in [0.15, 0.2) is 0 Å². The van der Waals surface area contributed by atoms with Crippen molar-refractivity contribution in [3.05, 3.63) is 58.9 Å². The first-order valence-electron chi connectivity index (χ1n) is 8.41. The quantitative estimate of drug-likeness (QED) is 0.214. The first kappa shape index (κ1) is 21.8. The lowest BCUT2D eigenvalue weighted by atomic mass is 10.1. The summed E-state index contributed by atoms with van der Waals surface area (Å²) >= 11 is 3.40. The zero-order chi connectivity index (χ0) is 19.5. The predicted molar refractivity (Wildman–Crippen MR) is 110 cm³/mol. The van der Waals surface area contributed by atoms with Gasteiger partial charge in [0.25, 0.3) is 5.91 Å². The maximum atomic E-state index is 12.2. The molecule has 0 bridgehead atoms. The fraction of sp³-hybridized carbons (Fsp3) is 0.316. The number of benzene rings is 1. The van der Waals surface area contributed by atoms with Crippen molar-refractivity contribution < 1.29 is 9.90 Å². The molecule has 0 aliphatic rings. The van der Waals surface area contributed by atoms with Crippen molar-refractivity contribution in [2.24, 2.45) is 5.73 Å². The number of halogens is 1. The van der Waals surface area contributed by atoms with E-state index >= 15 is 0 Å². The predicted octanol–water partition coefficient (Wildman–Crippen LogP) is 2.54. The van der Waals surface area contributed by atoms with Crippen LogP contribution in [0.2, 0.25) is 0 Å². The van der Waals surface area contributed by atoms with Gasteiger partial charge in [-0.15, -0.1) is 0 Å². The lowest BCUT2D eigenvalue weighted by molar-refractivity contribution is -0.117. The molecule has 0 spiro atoms. The molecule has 1 amide bonds. The largest absolute Gasteiger partial charge is 0.507 e. The topological polar surface area (TPSA) is 99.4 Å². The highest BCUT2D eigenvalue weighted by atomic mass is 79.9. The van der Waals surface area contributed by atoms with Gasteiger partial charge in [-0.25, -0.2) is 0 Å². The van der Waals surface area contributed by atoms with E-state index in [0.29, 0.717) is 34.7 Å². The number of hydrogen-bond acceptors (Lipinski definition) is 5. The molecule has 1 aromatic carbocycles. The summed E-state index contributed by atoms with van der Waals surface area (Å²) in [6.45, 7) is 9.01. The van der Waals surface area contributed by atoms with Gasteiger partial charge in [-0.05, 0) is 47.4 Å². The average molecular weight is 423 g/mol. The zero-order valence-electron chi connectivity index (χ0n) is 15.1. The van der Waals surface area contributed by atoms with E-state index in [2.05, 4.69) is 45.0 Å². The van der Waals surface area contributed by atoms with Crippen molar-refractivity contribution in [1.82, 2.24) is 16.0 Å². The summed E-state index contributed by atoms with van der Waals surface area (Å²) in [5.74, 6) is 0.375. The van der Waals surface area contributed by atoms with Crippen LogP contribution in [0.4, 0.5) is 0 Å². The van der Waals surface area contributed by atoms with Crippen LogP contribution >= 0.6 is 15.9 Å². The molecule has 1 aromatic rings. The maximum Gasteiger partial charge on any atom is 0.251 e. The van der Waals surface area contributed by atoms with Crippen LogP contribution in [0.1, 0.15) is 24.8 Å². The maximum absolute atomic E-state index is 12.2. The number of nitrogens with two attached hydrogens (primary N) is 1. The number of phenolic OH excluding ortho intramolecular Hbond substituents is 1. The monoisotopic (exact) mass is 422 g/mol. The Morgan fingerprint density at radius 2 is 1.92 bits per heavy atom. The number of para-hydroxylation sites is 1. The number of carbonyl (C=O) groups is 1. The summed E-state index contributed by atoms with van der Waals surface area (Å²) < 4.78 is 0.482. The Morgan fingerprint density at radius 3 is 2.54 bits per heavy atom. The molecule has 0 saturated heterocycles. The Bertz CT molecular complexity index is 686. The molecule has 0 fully saturated rings. The molecule has 142 valence electrons. The van der Waals surface area contributed by atoms with Crippen molar-refractivity contribution in [2.45, 2.75) is 19.3 Å². The van der Waals surface area contributed by atoms with Crippen LogP contribution in [0.15, 0.2) is 53.3 Å². The summed E-state index contributed by atoms with van der Waals surface area (Å²) in [5, 5.41) is 18.8. The van der Waals surface area contributed by atoms with Gasteiger partial charge < -0.3 is 26.8 Å². The number of carbonyl (C=O) groups excluding carboxylic acids is 1. The summed E-state index contributed by atoms with van der Waals surface area (Å²) in [6, 6.07) is 6.86. The Labute approximate surface area is 163 Å². The standard InChI is InChI=1S/C19H27BrN4O2/c1-13(19(26)23-12-8-4-7-11-21)17(20)18(22-3)24-14(2)15-9-5-6-10-16(15)25/h5-6,9-10,22,24-25H,1-2,4,7-8,11-12,21H2,3H3,(H,23,26)/b18-17-. The number of hydrogen-bond donors (Lipinski definition) is 5. The highest BCUT2D eigenvalue weighted by Crippen LogP contribution is 2.24. The van der Waals surface area contributed by atoms with E-state index < -0.39 is 0 Å². The Kier molecular flexibility index (Phi) is 9.54. The fourth-order valence-electron chi connectivity index (χ4n) is 2.18. The van der Waals surface area contributed by atoms with Crippen LogP contribution in [0.25, 0.3) is 5.70 Å². The molecule has 0 saturated carbocycles. The first-order valence-corrected chi connectivity index (χ1v) is 9.21. The summed E-state index contributed by atoms with van der Waals surface area (Å²) in [7, 11) is 1.71. The average Bonchev–Trinajstić information content (AvgIpc) is 2.64. The van der Waals surface area contributed by atoms with Crippen LogP contribution in [0.3, 0.4) is 0 Å². The van der Waals surface area contributed by atoms with Gasteiger partial charge >= 0.3 is 0 Å². The second kappa shape index (κ2) is 11.4. The molecule has 6 nitrogen and oxygen atoms in total. The molecule has 0 radical (unpaired) electrons. The fourth-order valence-corrected chi connectivity index (χ4v) is 2.66. The highest BCUT2D eigenvalue weighted by Gasteiger charge is 2.15. The lowest BCUT2D eigenvalue weighted by Crippen LogP contribution is -2.29. The van der Waals surface area contributed by atoms with Gasteiger partial charge in [0.05, 0.1) is 4.48 Å². The van der Waals surface area contributed by atoms with Gasteiger partial charge in [0.2, 0.25) is 0 Å². The first-order chi connectivity index (χ1) is 12.4. The second-order valence-electron chi connectivity index (χ2n) is 5.64. The smallest absolute Gasteiger partial charge is 0.251 e. The van der Waals surface area contributed by atoms with Gasteiger partial charge in [-0.3, -0.25) is 4.79 Å². The number of amides is 1. The number of unbranched alkanes of at least 4 members (excludes halogenated alkanes) is 2. The van der Waals surface area contributed by atoms with Crippen LogP contribution in [-0.2, 0) is 4.79 Å². The van der Waals surface area contributed by atoms with Crippen molar-refractivity contribution in [1.29, 1.82) is 0 Å². The minimum Gasteiger partial charge on any atom is -0.507 e. The van der Waals surface area contributed by atoms with E-state index in [0.717, 1.165) is 19.3 Å². The number of phenols is 1. The Balaban J connectivity index is 2.74. The second-order valence-corrected chi connectivity index (χ2v) is 6.44. The molecule has 6 N–H and O–H groups in total. The van der Waals surface area contributed by atoms with Crippen molar-refractivity contribution >= 4 is 27.5 Å². The minimum atomic E-state index is -0.257. The summed E-state index contributed by atoms with van der Waals surface area (Å²) in [5.41, 5.74) is 6.78. The molecule has 0 aliphatic carbocycles. The van der Waals surface area contributed by atoms with E-state index in [4.69, 9.17) is 5.73 Å². The summed E-state index contributed by atoms with van der Waals surface area (Å²) in [6.07, 6.45) is 2.80. The normalized spacial score (nSPS) is 11.3. The van der Waals surface area contributed by atoms with Gasteiger partial charge in [0.1, 0.15) is 11.6 Å². The molecule has 7 heteroatoms. The van der Waals surface area contributed by atoms with Crippen LogP contribution in [0, 0.1) is 0 Å². The van der Waals surface area contributed by atoms with Crippen molar-refractivity contribution in [3.63, 3.8) is 0 Å². The van der Waals surface area contributed by atoms with Crippen LogP contribution in [-0.4, -0.2) is 31.2 Å². The molecule has 0 aromatic heterocycles. The molecule has 0 unspecified atom stereocenters. The molecule has 26 heavy (non-hydrogen) atoms. The lowest BCUT2D eigenvalue weighted by Gasteiger charge is -2.17. The van der Waals surface area contributed by atoms with Gasteiger partial charge in [-0.1, -0.05) is 31.7 Å². The Hall–Kier alpha value is -2.25. The molecule has 0 aliphatic heterocycles. The zero-order valence-corrected chi connectivity index (χ0v) is 16.7. The summed E-state index contributed by atoms with van der Waals surface area (Å²) in [4.78, 5) is 12.2. The van der Waals surface area contributed by atoms with E-state index in [1.165, 1.54) is 0 Å². The molecule has 0 heterocycles. The molecule has 1 rings (SSSR count). The minimum absolute atomic E-state index is 0.116. The van der Waals surface area contributed by atoms with E-state index in [9.17, 15) is 9.90 Å². The highest BCUT2D eigenvalue weighted by molar-refractivity contribution is 9.12. The number of aromatic hydroxyl groups is 1. The SMILES string of the molecule is C=C(C(=O)NCCCCCN)/C(Br)=C(\NC)NC(=C)c1ccccc1O. The molecule has 0 atom stereocenters. The van der Waals surface area contributed by atoms with E-state index in [1.807, 2.05) is 0 Å². The third-order valence-corrected chi connectivity index (χ3v) is 4.56. The molecular formula is C19H27BrN4O2. The van der Waals surface area contributed by atoms with Crippen LogP contribution < -0.4 is 21.7 Å². The van der Waals surface area contributed by atoms with Crippen molar-refractivity contribution in [2.75, 3.05) is 20.1 Å². The molecular weight excluding hydrogens is 396 g/mol. The van der Waals surface area contributed by atoms with Gasteiger partial charge in [0, 0.05) is 30.4 Å². The third-order valence-electron chi connectivity index (χ3n) is 3.68.